The van der Waals surface area contributed by atoms with Gasteiger partial charge in [-0.05, 0) is 30.5 Å². The first-order valence-corrected chi connectivity index (χ1v) is 5.98. The number of esters is 1. The van der Waals surface area contributed by atoms with Gasteiger partial charge in [-0.1, -0.05) is 13.0 Å². The Bertz CT molecular complexity index is 463. The van der Waals surface area contributed by atoms with Gasteiger partial charge in [0, 0.05) is 4.90 Å². The predicted octanol–water partition coefficient (Wildman–Crippen LogP) is 2.51. The van der Waals surface area contributed by atoms with Crippen molar-refractivity contribution in [1.82, 2.24) is 0 Å². The average Bonchev–Trinajstić information content (AvgIpc) is 2.32. The molecule has 0 aromatic heterocycles. The highest BCUT2D eigenvalue weighted by Crippen LogP contribution is 2.24. The summed E-state index contributed by atoms with van der Waals surface area (Å²) in [6.45, 7) is 4.13. The minimum Gasteiger partial charge on any atom is -0.466 e. The summed E-state index contributed by atoms with van der Waals surface area (Å²) in [6, 6.07) is 5.66. The molecule has 17 heavy (non-hydrogen) atoms. The molecule has 0 aliphatic rings. The van der Waals surface area contributed by atoms with Crippen molar-refractivity contribution in [3.05, 3.63) is 28.8 Å². The Morgan fingerprint density at radius 1 is 1.47 bits per heavy atom. The molecule has 0 heterocycles. The summed E-state index contributed by atoms with van der Waals surface area (Å²) in [6.07, 6.45) is 0.972. The second kappa shape index (κ2) is 6.31. The monoisotopic (exact) mass is 249 g/mol. The van der Waals surface area contributed by atoms with Crippen LogP contribution in [0.1, 0.15) is 30.5 Å². The lowest BCUT2D eigenvalue weighted by Crippen LogP contribution is -2.10. The van der Waals surface area contributed by atoms with Crippen LogP contribution in [0, 0.1) is 11.3 Å². The van der Waals surface area contributed by atoms with Crippen LogP contribution in [0.3, 0.4) is 0 Å². The third kappa shape index (κ3) is 3.24. The maximum atomic E-state index is 11.5. The van der Waals surface area contributed by atoms with Crippen LogP contribution in [-0.4, -0.2) is 12.6 Å². The quantitative estimate of drug-likeness (QED) is 0.659. The lowest BCUT2D eigenvalue weighted by atomic mass is 9.99. The lowest BCUT2D eigenvalue weighted by molar-refractivity contribution is -0.142. The van der Waals surface area contributed by atoms with Crippen LogP contribution in [0.5, 0.6) is 0 Å². The van der Waals surface area contributed by atoms with Gasteiger partial charge >= 0.3 is 5.97 Å². The van der Waals surface area contributed by atoms with Crippen LogP contribution >= 0.6 is 12.6 Å². The van der Waals surface area contributed by atoms with Gasteiger partial charge < -0.3 is 4.74 Å². The maximum absolute atomic E-state index is 11.5. The number of aryl methyl sites for hydroxylation is 1. The molecule has 0 spiro atoms. The number of carbonyl (C=O) groups excluding carboxylic acids is 1. The van der Waals surface area contributed by atoms with E-state index in [0.717, 1.165) is 17.5 Å². The third-order valence-electron chi connectivity index (χ3n) is 2.51. The standard InChI is InChI=1S/C13H15NO2S/c1-3-9-5-6-10(8-14)13(17)11(9)7-12(15)16-4-2/h5-6,17H,3-4,7H2,1-2H3. The van der Waals surface area contributed by atoms with E-state index in [1.165, 1.54) is 0 Å². The molecule has 1 rings (SSSR count). The van der Waals surface area contributed by atoms with E-state index in [9.17, 15) is 4.79 Å². The van der Waals surface area contributed by atoms with Gasteiger partial charge in [-0.2, -0.15) is 5.26 Å². The molecule has 4 heteroatoms. The number of carbonyl (C=O) groups is 1. The summed E-state index contributed by atoms with van der Waals surface area (Å²) >= 11 is 4.33. The minimum atomic E-state index is -0.285. The molecule has 90 valence electrons. The van der Waals surface area contributed by atoms with Crippen molar-refractivity contribution in [1.29, 1.82) is 5.26 Å². The van der Waals surface area contributed by atoms with Crippen LogP contribution in [0.4, 0.5) is 0 Å². The molecule has 0 saturated heterocycles. The fourth-order valence-corrected chi connectivity index (χ4v) is 2.00. The van der Waals surface area contributed by atoms with Crippen LogP contribution in [0.25, 0.3) is 0 Å². The summed E-state index contributed by atoms with van der Waals surface area (Å²) in [5.74, 6) is -0.285. The number of thiol groups is 1. The number of hydrogen-bond acceptors (Lipinski definition) is 4. The highest BCUT2D eigenvalue weighted by molar-refractivity contribution is 7.80. The van der Waals surface area contributed by atoms with E-state index >= 15 is 0 Å². The summed E-state index contributed by atoms with van der Waals surface area (Å²) in [7, 11) is 0. The largest absolute Gasteiger partial charge is 0.466 e. The first-order chi connectivity index (χ1) is 8.13. The van der Waals surface area contributed by atoms with Crippen molar-refractivity contribution in [3.63, 3.8) is 0 Å². The highest BCUT2D eigenvalue weighted by atomic mass is 32.1. The van der Waals surface area contributed by atoms with Gasteiger partial charge in [0.05, 0.1) is 18.6 Å². The summed E-state index contributed by atoms with van der Waals surface area (Å²) < 4.78 is 4.92. The number of ether oxygens (including phenoxy) is 1. The van der Waals surface area contributed by atoms with E-state index in [0.29, 0.717) is 17.1 Å². The molecule has 0 bridgehead atoms. The minimum absolute atomic E-state index is 0.172. The number of nitrogens with zero attached hydrogens (tertiary/aromatic N) is 1. The first-order valence-electron chi connectivity index (χ1n) is 5.53. The second-order valence-corrected chi connectivity index (χ2v) is 3.99. The molecule has 0 radical (unpaired) electrons. The molecule has 3 nitrogen and oxygen atoms in total. The van der Waals surface area contributed by atoms with Gasteiger partial charge in [0.15, 0.2) is 0 Å². The first kappa shape index (κ1) is 13.6. The topological polar surface area (TPSA) is 50.1 Å². The van der Waals surface area contributed by atoms with Crippen molar-refractivity contribution >= 4 is 18.6 Å². The molecule has 0 atom stereocenters. The maximum Gasteiger partial charge on any atom is 0.310 e. The van der Waals surface area contributed by atoms with Crippen LogP contribution < -0.4 is 0 Å². The number of rotatable bonds is 4. The Balaban J connectivity index is 3.11. The van der Waals surface area contributed by atoms with Gasteiger partial charge in [-0.25, -0.2) is 0 Å². The van der Waals surface area contributed by atoms with E-state index in [-0.39, 0.29) is 12.4 Å². The molecule has 0 aliphatic carbocycles. The molecule has 1 aromatic rings. The van der Waals surface area contributed by atoms with E-state index in [1.54, 1.807) is 13.0 Å². The van der Waals surface area contributed by atoms with Crippen molar-refractivity contribution < 1.29 is 9.53 Å². The molecule has 0 aliphatic heterocycles. The average molecular weight is 249 g/mol. The molecule has 0 fully saturated rings. The lowest BCUT2D eigenvalue weighted by Gasteiger charge is -2.11. The predicted molar refractivity (Wildman–Crippen MR) is 68.1 cm³/mol. The number of nitriles is 1. The van der Waals surface area contributed by atoms with Crippen molar-refractivity contribution in [3.8, 4) is 6.07 Å². The zero-order chi connectivity index (χ0) is 12.8. The van der Waals surface area contributed by atoms with E-state index in [4.69, 9.17) is 10.00 Å². The number of hydrogen-bond donors (Lipinski definition) is 1. The molecule has 0 unspecified atom stereocenters. The van der Waals surface area contributed by atoms with Gasteiger partial charge in [0.2, 0.25) is 0 Å². The molecular formula is C13H15NO2S. The van der Waals surface area contributed by atoms with Crippen LogP contribution in [0.2, 0.25) is 0 Å². The SMILES string of the molecule is CCOC(=O)Cc1c(CC)ccc(C#N)c1S. The molecule has 1 aromatic carbocycles. The summed E-state index contributed by atoms with van der Waals surface area (Å²) in [4.78, 5) is 12.1. The normalized spacial score (nSPS) is 9.76. The zero-order valence-electron chi connectivity index (χ0n) is 9.99. The van der Waals surface area contributed by atoms with Gasteiger partial charge in [-0.15, -0.1) is 12.6 Å². The van der Waals surface area contributed by atoms with E-state index < -0.39 is 0 Å². The Morgan fingerprint density at radius 2 is 2.18 bits per heavy atom. The van der Waals surface area contributed by atoms with Crippen molar-refractivity contribution in [2.24, 2.45) is 0 Å². The fraction of sp³-hybridized carbons (Fsp3) is 0.385. The van der Waals surface area contributed by atoms with Crippen molar-refractivity contribution in [2.75, 3.05) is 6.61 Å². The van der Waals surface area contributed by atoms with Crippen molar-refractivity contribution in [2.45, 2.75) is 31.6 Å². The van der Waals surface area contributed by atoms with Gasteiger partial charge in [-0.3, -0.25) is 4.79 Å². The molecular weight excluding hydrogens is 234 g/mol. The fourth-order valence-electron chi connectivity index (χ4n) is 1.65. The molecule has 0 N–H and O–H groups in total. The van der Waals surface area contributed by atoms with Crippen LogP contribution in [-0.2, 0) is 22.4 Å². The number of benzene rings is 1. The highest BCUT2D eigenvalue weighted by Gasteiger charge is 2.14. The van der Waals surface area contributed by atoms with E-state index in [2.05, 4.69) is 18.7 Å². The van der Waals surface area contributed by atoms with Gasteiger partial charge in [0.25, 0.3) is 0 Å². The Morgan fingerprint density at radius 3 is 2.71 bits per heavy atom. The Labute approximate surface area is 107 Å². The summed E-state index contributed by atoms with van der Waals surface area (Å²) in [5, 5.41) is 8.93. The molecule has 0 amide bonds. The van der Waals surface area contributed by atoms with E-state index in [1.807, 2.05) is 13.0 Å². The molecule has 0 saturated carbocycles. The third-order valence-corrected chi connectivity index (χ3v) is 3.02. The Hall–Kier alpha value is -1.47. The Kier molecular flexibility index (Phi) is 5.05. The summed E-state index contributed by atoms with van der Waals surface area (Å²) in [5.41, 5.74) is 2.32. The van der Waals surface area contributed by atoms with Gasteiger partial charge in [0.1, 0.15) is 6.07 Å². The zero-order valence-corrected chi connectivity index (χ0v) is 10.9. The smallest absolute Gasteiger partial charge is 0.310 e. The second-order valence-electron chi connectivity index (χ2n) is 3.55. The van der Waals surface area contributed by atoms with Crippen LogP contribution in [0.15, 0.2) is 17.0 Å².